The van der Waals surface area contributed by atoms with Crippen LogP contribution in [0.4, 0.5) is 0 Å². The lowest BCUT2D eigenvalue weighted by Gasteiger charge is -2.32. The minimum Gasteiger partial charge on any atom is -0.368 e. The van der Waals surface area contributed by atoms with Crippen LogP contribution in [0.15, 0.2) is 0 Å². The first-order valence-corrected chi connectivity index (χ1v) is 7.07. The number of fused-ring (bicyclic) bond motifs is 1. The molecule has 0 aromatic rings. The van der Waals surface area contributed by atoms with E-state index in [0.717, 1.165) is 6.42 Å². The van der Waals surface area contributed by atoms with E-state index >= 15 is 0 Å². The third-order valence-electron chi connectivity index (χ3n) is 4.67. The van der Waals surface area contributed by atoms with E-state index in [-0.39, 0.29) is 35.6 Å². The molecular formula is C14H23N3O3. The Morgan fingerprint density at radius 3 is 2.25 bits per heavy atom. The molecule has 0 radical (unpaired) electrons. The Hall–Kier alpha value is -1.43. The molecule has 0 aromatic carbocycles. The van der Waals surface area contributed by atoms with E-state index in [1.165, 1.54) is 4.90 Å². The summed E-state index contributed by atoms with van der Waals surface area (Å²) in [5.74, 6) is -1.34. The molecule has 2 fully saturated rings. The average Bonchev–Trinajstić information content (AvgIpc) is 2.84. The zero-order valence-corrected chi connectivity index (χ0v) is 12.5. The van der Waals surface area contributed by atoms with E-state index in [4.69, 9.17) is 5.73 Å². The van der Waals surface area contributed by atoms with Gasteiger partial charge in [0.25, 0.3) is 0 Å². The van der Waals surface area contributed by atoms with Crippen LogP contribution < -0.4 is 11.1 Å². The number of amides is 3. The van der Waals surface area contributed by atoms with Gasteiger partial charge in [0, 0.05) is 0 Å². The van der Waals surface area contributed by atoms with Gasteiger partial charge in [0.2, 0.25) is 17.7 Å². The van der Waals surface area contributed by atoms with Crippen LogP contribution in [0.25, 0.3) is 0 Å². The number of imide groups is 1. The number of primary amides is 1. The van der Waals surface area contributed by atoms with Gasteiger partial charge in [0.15, 0.2) is 0 Å². The molecule has 112 valence electrons. The van der Waals surface area contributed by atoms with Crippen LogP contribution in [0.2, 0.25) is 0 Å². The first kappa shape index (κ1) is 15.0. The minimum absolute atomic E-state index is 0.0169. The third kappa shape index (κ3) is 2.02. The summed E-state index contributed by atoms with van der Waals surface area (Å²) < 4.78 is 0. The molecule has 2 rings (SSSR count). The van der Waals surface area contributed by atoms with Crippen molar-refractivity contribution in [3.05, 3.63) is 0 Å². The molecule has 0 bridgehead atoms. The molecule has 1 heterocycles. The van der Waals surface area contributed by atoms with E-state index in [9.17, 15) is 14.4 Å². The van der Waals surface area contributed by atoms with Crippen LogP contribution in [0.1, 0.15) is 34.1 Å². The van der Waals surface area contributed by atoms with Crippen molar-refractivity contribution in [3.63, 3.8) is 0 Å². The molecule has 1 aliphatic heterocycles. The summed E-state index contributed by atoms with van der Waals surface area (Å²) in [5.41, 5.74) is 4.13. The molecule has 6 nitrogen and oxygen atoms in total. The van der Waals surface area contributed by atoms with E-state index < -0.39 is 11.4 Å². The SMILES string of the molecule is CCCNC(C)(CN1C(=O)C2C(C1=O)C2(C)C)C(N)=O. The maximum Gasteiger partial charge on any atom is 0.239 e. The van der Waals surface area contributed by atoms with Gasteiger partial charge in [-0.25, -0.2) is 0 Å². The lowest BCUT2D eigenvalue weighted by molar-refractivity contribution is -0.145. The van der Waals surface area contributed by atoms with Gasteiger partial charge in [0.05, 0.1) is 18.4 Å². The van der Waals surface area contributed by atoms with Gasteiger partial charge < -0.3 is 11.1 Å². The van der Waals surface area contributed by atoms with Crippen molar-refractivity contribution >= 4 is 17.7 Å². The number of nitrogens with one attached hydrogen (secondary N) is 1. The number of hydrogen-bond acceptors (Lipinski definition) is 4. The van der Waals surface area contributed by atoms with Crippen LogP contribution in [0.5, 0.6) is 0 Å². The molecule has 3 atom stereocenters. The quantitative estimate of drug-likeness (QED) is 0.663. The van der Waals surface area contributed by atoms with Crippen LogP contribution in [-0.4, -0.2) is 41.2 Å². The van der Waals surface area contributed by atoms with Crippen molar-refractivity contribution < 1.29 is 14.4 Å². The number of rotatable bonds is 6. The highest BCUT2D eigenvalue weighted by atomic mass is 16.2. The lowest BCUT2D eigenvalue weighted by atomic mass is 9.98. The Kier molecular flexibility index (Phi) is 3.40. The molecule has 1 saturated heterocycles. The van der Waals surface area contributed by atoms with Gasteiger partial charge in [-0.15, -0.1) is 0 Å². The topological polar surface area (TPSA) is 92.5 Å². The van der Waals surface area contributed by atoms with Crippen LogP contribution in [-0.2, 0) is 14.4 Å². The number of carbonyl (C=O) groups is 3. The number of nitrogens with zero attached hydrogens (tertiary/aromatic N) is 1. The second-order valence-corrected chi connectivity index (χ2v) is 6.66. The Labute approximate surface area is 119 Å². The fraction of sp³-hybridized carbons (Fsp3) is 0.786. The van der Waals surface area contributed by atoms with E-state index in [1.54, 1.807) is 6.92 Å². The smallest absolute Gasteiger partial charge is 0.239 e. The van der Waals surface area contributed by atoms with Crippen molar-refractivity contribution in [1.29, 1.82) is 0 Å². The van der Waals surface area contributed by atoms with E-state index in [1.807, 2.05) is 20.8 Å². The minimum atomic E-state index is -1.07. The molecule has 3 N–H and O–H groups in total. The summed E-state index contributed by atoms with van der Waals surface area (Å²) >= 11 is 0. The van der Waals surface area contributed by atoms with Gasteiger partial charge in [0.1, 0.15) is 5.54 Å². The number of likely N-dealkylation sites (tertiary alicyclic amines) is 1. The Bertz CT molecular complexity index is 450. The van der Waals surface area contributed by atoms with E-state index in [2.05, 4.69) is 5.32 Å². The average molecular weight is 281 g/mol. The largest absolute Gasteiger partial charge is 0.368 e. The van der Waals surface area contributed by atoms with Crippen molar-refractivity contribution in [2.45, 2.75) is 39.7 Å². The predicted octanol–water partition coefficient (Wildman–Crippen LogP) is -0.129. The molecule has 3 amide bonds. The molecule has 1 aliphatic carbocycles. The molecule has 1 saturated carbocycles. The number of hydrogen-bond donors (Lipinski definition) is 2. The van der Waals surface area contributed by atoms with Crippen LogP contribution in [0.3, 0.4) is 0 Å². The van der Waals surface area contributed by atoms with Gasteiger partial charge >= 0.3 is 0 Å². The highest BCUT2D eigenvalue weighted by Crippen LogP contribution is 2.63. The molecule has 2 aliphatic rings. The van der Waals surface area contributed by atoms with Gasteiger partial charge in [-0.3, -0.25) is 19.3 Å². The van der Waals surface area contributed by atoms with E-state index in [0.29, 0.717) is 6.54 Å². The fourth-order valence-electron chi connectivity index (χ4n) is 3.10. The van der Waals surface area contributed by atoms with Crippen molar-refractivity contribution in [1.82, 2.24) is 10.2 Å². The highest BCUT2D eigenvalue weighted by molar-refractivity contribution is 6.10. The summed E-state index contributed by atoms with van der Waals surface area (Å²) in [5, 5.41) is 3.04. The summed E-state index contributed by atoms with van der Waals surface area (Å²) in [4.78, 5) is 37.4. The molecule has 0 aromatic heterocycles. The Balaban J connectivity index is 2.12. The molecular weight excluding hydrogens is 258 g/mol. The molecule has 20 heavy (non-hydrogen) atoms. The second kappa shape index (κ2) is 4.55. The maximum atomic E-state index is 12.3. The van der Waals surface area contributed by atoms with Crippen LogP contribution >= 0.6 is 0 Å². The lowest BCUT2D eigenvalue weighted by Crippen LogP contribution is -2.61. The summed E-state index contributed by atoms with van der Waals surface area (Å²) in [6.45, 7) is 8.09. The molecule has 3 unspecified atom stereocenters. The summed E-state index contributed by atoms with van der Waals surface area (Å²) in [6.07, 6.45) is 0.836. The number of nitrogens with two attached hydrogens (primary N) is 1. The third-order valence-corrected chi connectivity index (χ3v) is 4.67. The molecule has 0 spiro atoms. The Morgan fingerprint density at radius 2 is 1.85 bits per heavy atom. The summed E-state index contributed by atoms with van der Waals surface area (Å²) in [6, 6.07) is 0. The standard InChI is InChI=1S/C14H23N3O3/c1-5-6-16-14(4,12(15)20)7-17-10(18)8-9(11(17)19)13(8,2)3/h8-9,16H,5-7H2,1-4H3,(H2,15,20). The van der Waals surface area contributed by atoms with Crippen molar-refractivity contribution in [3.8, 4) is 0 Å². The maximum absolute atomic E-state index is 12.3. The predicted molar refractivity (Wildman–Crippen MR) is 73.4 cm³/mol. The highest BCUT2D eigenvalue weighted by Gasteiger charge is 2.72. The number of carbonyl (C=O) groups excluding carboxylic acids is 3. The van der Waals surface area contributed by atoms with Gasteiger partial charge in [-0.05, 0) is 25.3 Å². The van der Waals surface area contributed by atoms with Gasteiger partial charge in [-0.1, -0.05) is 20.8 Å². The Morgan fingerprint density at radius 1 is 1.35 bits per heavy atom. The first-order chi connectivity index (χ1) is 9.16. The zero-order valence-electron chi connectivity index (χ0n) is 12.5. The summed E-state index contributed by atoms with van der Waals surface area (Å²) in [7, 11) is 0. The van der Waals surface area contributed by atoms with Crippen LogP contribution in [0, 0.1) is 17.3 Å². The monoisotopic (exact) mass is 281 g/mol. The molecule has 6 heteroatoms. The normalized spacial score (nSPS) is 30.1. The second-order valence-electron chi connectivity index (χ2n) is 6.66. The zero-order chi connectivity index (χ0) is 15.3. The number of piperidine rings is 1. The fourth-order valence-corrected chi connectivity index (χ4v) is 3.10. The van der Waals surface area contributed by atoms with Crippen molar-refractivity contribution in [2.75, 3.05) is 13.1 Å². The first-order valence-electron chi connectivity index (χ1n) is 7.07. The van der Waals surface area contributed by atoms with Gasteiger partial charge in [-0.2, -0.15) is 0 Å². The van der Waals surface area contributed by atoms with Crippen molar-refractivity contribution in [2.24, 2.45) is 23.0 Å².